The van der Waals surface area contributed by atoms with E-state index in [9.17, 15) is 0 Å². The van der Waals surface area contributed by atoms with Crippen LogP contribution in [0.15, 0.2) is 53.0 Å². The van der Waals surface area contributed by atoms with Crippen molar-refractivity contribution in [3.63, 3.8) is 0 Å². The zero-order valence-corrected chi connectivity index (χ0v) is 12.0. The molecule has 94 valence electrons. The summed E-state index contributed by atoms with van der Waals surface area (Å²) in [5, 5.41) is 0. The summed E-state index contributed by atoms with van der Waals surface area (Å²) in [5.74, 6) is 0. The van der Waals surface area contributed by atoms with Gasteiger partial charge in [-0.2, -0.15) is 0 Å². The number of benzene rings is 2. The fourth-order valence-corrected chi connectivity index (χ4v) is 2.45. The van der Waals surface area contributed by atoms with E-state index in [-0.39, 0.29) is 0 Å². The summed E-state index contributed by atoms with van der Waals surface area (Å²) in [7, 11) is 0. The zero-order valence-electron chi connectivity index (χ0n) is 10.4. The van der Waals surface area contributed by atoms with Crippen molar-refractivity contribution in [2.45, 2.75) is 13.5 Å². The third kappa shape index (κ3) is 3.05. The molecule has 0 spiro atoms. The van der Waals surface area contributed by atoms with Crippen LogP contribution >= 0.6 is 15.9 Å². The molecule has 0 aliphatic carbocycles. The second-order valence-corrected chi connectivity index (χ2v) is 5.12. The largest absolute Gasteiger partial charge is 0.397 e. The van der Waals surface area contributed by atoms with Gasteiger partial charge in [-0.3, -0.25) is 0 Å². The number of para-hydroxylation sites is 2. The molecule has 0 saturated carbocycles. The normalized spacial score (nSPS) is 10.3. The van der Waals surface area contributed by atoms with Gasteiger partial charge in [0, 0.05) is 17.6 Å². The van der Waals surface area contributed by atoms with Crippen LogP contribution in [0, 0.1) is 0 Å². The third-order valence-electron chi connectivity index (χ3n) is 2.92. The standard InChI is InChI=1S/C15H17BrN2/c1-2-18(15-9-4-3-8-14(15)17)11-12-6-5-7-13(16)10-12/h3-10H,2,11,17H2,1H3. The number of halogens is 1. The number of hydrogen-bond donors (Lipinski definition) is 1. The van der Waals surface area contributed by atoms with Crippen LogP contribution in [0.5, 0.6) is 0 Å². The lowest BCUT2D eigenvalue weighted by Crippen LogP contribution is -2.22. The molecule has 3 heteroatoms. The van der Waals surface area contributed by atoms with Gasteiger partial charge in [-0.1, -0.05) is 40.2 Å². The molecule has 2 N–H and O–H groups in total. The Labute approximate surface area is 117 Å². The summed E-state index contributed by atoms with van der Waals surface area (Å²) in [6.45, 7) is 3.94. The van der Waals surface area contributed by atoms with Gasteiger partial charge in [0.25, 0.3) is 0 Å². The number of rotatable bonds is 4. The summed E-state index contributed by atoms with van der Waals surface area (Å²) in [6.07, 6.45) is 0. The minimum Gasteiger partial charge on any atom is -0.397 e. The number of hydrogen-bond acceptors (Lipinski definition) is 2. The van der Waals surface area contributed by atoms with Gasteiger partial charge in [0.05, 0.1) is 11.4 Å². The highest BCUT2D eigenvalue weighted by Gasteiger charge is 2.08. The maximum Gasteiger partial charge on any atom is 0.0602 e. The molecule has 2 rings (SSSR count). The van der Waals surface area contributed by atoms with E-state index in [4.69, 9.17) is 5.73 Å². The first-order valence-electron chi connectivity index (χ1n) is 6.04. The molecule has 2 aromatic carbocycles. The number of nitrogens with zero attached hydrogens (tertiary/aromatic N) is 1. The average Bonchev–Trinajstić information content (AvgIpc) is 2.37. The number of nitrogen functional groups attached to an aromatic ring is 1. The minimum atomic E-state index is 0.828. The Morgan fingerprint density at radius 3 is 2.56 bits per heavy atom. The van der Waals surface area contributed by atoms with Gasteiger partial charge in [-0.25, -0.2) is 0 Å². The molecule has 0 bridgehead atoms. The van der Waals surface area contributed by atoms with E-state index in [1.807, 2.05) is 24.3 Å². The van der Waals surface area contributed by atoms with Gasteiger partial charge < -0.3 is 10.6 Å². The molecule has 0 aliphatic heterocycles. The fraction of sp³-hybridized carbons (Fsp3) is 0.200. The van der Waals surface area contributed by atoms with Crippen LogP contribution in [0.4, 0.5) is 11.4 Å². The third-order valence-corrected chi connectivity index (χ3v) is 3.41. The average molecular weight is 305 g/mol. The highest BCUT2D eigenvalue weighted by atomic mass is 79.9. The first-order valence-corrected chi connectivity index (χ1v) is 6.84. The van der Waals surface area contributed by atoms with E-state index in [0.717, 1.165) is 28.9 Å². The molecule has 0 aliphatic rings. The Bertz CT molecular complexity index is 525. The van der Waals surface area contributed by atoms with Gasteiger partial charge in [-0.15, -0.1) is 0 Å². The van der Waals surface area contributed by atoms with Gasteiger partial charge >= 0.3 is 0 Å². The quantitative estimate of drug-likeness (QED) is 0.863. The molecule has 0 aromatic heterocycles. The van der Waals surface area contributed by atoms with Gasteiger partial charge in [0.15, 0.2) is 0 Å². The van der Waals surface area contributed by atoms with Crippen LogP contribution in [0.3, 0.4) is 0 Å². The molecule has 0 radical (unpaired) electrons. The second kappa shape index (κ2) is 5.91. The van der Waals surface area contributed by atoms with Crippen molar-refractivity contribution in [3.8, 4) is 0 Å². The Balaban J connectivity index is 2.23. The monoisotopic (exact) mass is 304 g/mol. The van der Waals surface area contributed by atoms with Crippen LogP contribution in [0.1, 0.15) is 12.5 Å². The number of anilines is 2. The van der Waals surface area contributed by atoms with Crippen molar-refractivity contribution in [1.82, 2.24) is 0 Å². The second-order valence-electron chi connectivity index (χ2n) is 4.20. The van der Waals surface area contributed by atoms with Gasteiger partial charge in [-0.05, 0) is 36.8 Å². The fourth-order valence-electron chi connectivity index (χ4n) is 2.00. The lowest BCUT2D eigenvalue weighted by Gasteiger charge is -2.24. The van der Waals surface area contributed by atoms with Crippen molar-refractivity contribution >= 4 is 27.3 Å². The maximum atomic E-state index is 6.03. The van der Waals surface area contributed by atoms with Gasteiger partial charge in [0.1, 0.15) is 0 Å². The predicted octanol–water partition coefficient (Wildman–Crippen LogP) is 4.06. The van der Waals surface area contributed by atoms with E-state index in [0.29, 0.717) is 0 Å². The van der Waals surface area contributed by atoms with E-state index in [2.05, 4.69) is 52.0 Å². The van der Waals surface area contributed by atoms with Gasteiger partial charge in [0.2, 0.25) is 0 Å². The molecule has 0 fully saturated rings. The van der Waals surface area contributed by atoms with E-state index in [1.54, 1.807) is 0 Å². The topological polar surface area (TPSA) is 29.3 Å². The smallest absolute Gasteiger partial charge is 0.0602 e. The first-order chi connectivity index (χ1) is 8.70. The van der Waals surface area contributed by atoms with Crippen LogP contribution in [-0.2, 0) is 6.54 Å². The summed E-state index contributed by atoms with van der Waals surface area (Å²) in [6, 6.07) is 16.4. The SMILES string of the molecule is CCN(Cc1cccc(Br)c1)c1ccccc1N. The summed E-state index contributed by atoms with van der Waals surface area (Å²) < 4.78 is 1.11. The molecule has 0 heterocycles. The van der Waals surface area contributed by atoms with Crippen LogP contribution in [-0.4, -0.2) is 6.54 Å². The van der Waals surface area contributed by atoms with Crippen molar-refractivity contribution in [3.05, 3.63) is 58.6 Å². The Morgan fingerprint density at radius 1 is 1.11 bits per heavy atom. The van der Waals surface area contributed by atoms with Crippen molar-refractivity contribution in [2.75, 3.05) is 17.2 Å². The Hall–Kier alpha value is -1.48. The lowest BCUT2D eigenvalue weighted by atomic mass is 10.2. The summed E-state index contributed by atoms with van der Waals surface area (Å²) >= 11 is 3.50. The predicted molar refractivity (Wildman–Crippen MR) is 81.7 cm³/mol. The highest BCUT2D eigenvalue weighted by Crippen LogP contribution is 2.24. The Morgan fingerprint density at radius 2 is 1.89 bits per heavy atom. The van der Waals surface area contributed by atoms with Crippen molar-refractivity contribution in [1.29, 1.82) is 0 Å². The highest BCUT2D eigenvalue weighted by molar-refractivity contribution is 9.10. The lowest BCUT2D eigenvalue weighted by molar-refractivity contribution is 0.833. The Kier molecular flexibility index (Phi) is 4.26. The van der Waals surface area contributed by atoms with E-state index < -0.39 is 0 Å². The maximum absolute atomic E-state index is 6.03. The zero-order chi connectivity index (χ0) is 13.0. The van der Waals surface area contributed by atoms with Crippen molar-refractivity contribution in [2.24, 2.45) is 0 Å². The number of nitrogens with two attached hydrogens (primary N) is 1. The van der Waals surface area contributed by atoms with Crippen LogP contribution in [0.2, 0.25) is 0 Å². The molecule has 0 saturated heterocycles. The molecular formula is C15H17BrN2. The first kappa shape index (κ1) is 13.0. The molecular weight excluding hydrogens is 288 g/mol. The minimum absolute atomic E-state index is 0.828. The molecule has 0 amide bonds. The van der Waals surface area contributed by atoms with Crippen LogP contribution < -0.4 is 10.6 Å². The van der Waals surface area contributed by atoms with Crippen LogP contribution in [0.25, 0.3) is 0 Å². The molecule has 2 aromatic rings. The van der Waals surface area contributed by atoms with E-state index >= 15 is 0 Å². The summed E-state index contributed by atoms with van der Waals surface area (Å²) in [5.41, 5.74) is 9.23. The van der Waals surface area contributed by atoms with Crippen molar-refractivity contribution < 1.29 is 0 Å². The molecule has 2 nitrogen and oxygen atoms in total. The summed E-state index contributed by atoms with van der Waals surface area (Å²) in [4.78, 5) is 2.27. The molecule has 18 heavy (non-hydrogen) atoms. The van der Waals surface area contributed by atoms with E-state index in [1.165, 1.54) is 5.56 Å². The molecule has 0 atom stereocenters. The molecule has 0 unspecified atom stereocenters.